The minimum atomic E-state index is -0.245. The van der Waals surface area contributed by atoms with Crippen molar-refractivity contribution in [2.75, 3.05) is 12.3 Å². The average Bonchev–Trinajstić information content (AvgIpc) is 2.42. The van der Waals surface area contributed by atoms with Crippen molar-refractivity contribution in [3.8, 4) is 5.75 Å². The van der Waals surface area contributed by atoms with Crippen LogP contribution in [-0.2, 0) is 0 Å². The number of ether oxygens (including phenoxy) is 1. The molecule has 0 aromatic heterocycles. The van der Waals surface area contributed by atoms with Crippen LogP contribution in [0.15, 0.2) is 36.4 Å². The minimum Gasteiger partial charge on any atom is -0.493 e. The molecule has 2 rings (SSSR count). The summed E-state index contributed by atoms with van der Waals surface area (Å²) in [7, 11) is 0. The summed E-state index contributed by atoms with van der Waals surface area (Å²) >= 11 is 11.8. The first-order valence-corrected chi connectivity index (χ1v) is 6.81. The van der Waals surface area contributed by atoms with Gasteiger partial charge in [-0.05, 0) is 37.3 Å². The van der Waals surface area contributed by atoms with Gasteiger partial charge in [-0.3, -0.25) is 4.79 Å². The monoisotopic (exact) mass is 309 g/mol. The molecule has 0 bridgehead atoms. The Hall–Kier alpha value is -1.71. The van der Waals surface area contributed by atoms with Crippen LogP contribution in [0.2, 0.25) is 10.0 Å². The summed E-state index contributed by atoms with van der Waals surface area (Å²) < 4.78 is 5.45. The molecular formula is C15H13Cl2NO2. The number of hydrogen-bond acceptors (Lipinski definition) is 3. The van der Waals surface area contributed by atoms with Crippen molar-refractivity contribution in [2.24, 2.45) is 0 Å². The Morgan fingerprint density at radius 1 is 1.20 bits per heavy atom. The highest BCUT2D eigenvalue weighted by Gasteiger charge is 2.18. The molecule has 0 heterocycles. The van der Waals surface area contributed by atoms with E-state index in [1.54, 1.807) is 30.3 Å². The van der Waals surface area contributed by atoms with E-state index in [-0.39, 0.29) is 5.78 Å². The largest absolute Gasteiger partial charge is 0.493 e. The standard InChI is InChI=1S/C15H13Cl2NO2/c1-2-20-13-5-3-4-12(18)14(13)15(19)9-6-7-10(16)11(17)8-9/h3-8H,2,18H2,1H3. The molecule has 2 aromatic rings. The van der Waals surface area contributed by atoms with E-state index < -0.39 is 0 Å². The molecule has 0 amide bonds. The lowest BCUT2D eigenvalue weighted by molar-refractivity contribution is 0.103. The van der Waals surface area contributed by atoms with Gasteiger partial charge in [0.15, 0.2) is 5.78 Å². The van der Waals surface area contributed by atoms with E-state index in [4.69, 9.17) is 33.7 Å². The maximum atomic E-state index is 12.6. The highest BCUT2D eigenvalue weighted by molar-refractivity contribution is 6.42. The fourth-order valence-electron chi connectivity index (χ4n) is 1.85. The Labute approximate surface area is 127 Å². The average molecular weight is 310 g/mol. The molecule has 0 aliphatic heterocycles. The third-order valence-electron chi connectivity index (χ3n) is 2.77. The van der Waals surface area contributed by atoms with E-state index in [0.29, 0.717) is 39.2 Å². The van der Waals surface area contributed by atoms with Gasteiger partial charge in [0.05, 0.1) is 22.2 Å². The zero-order valence-corrected chi connectivity index (χ0v) is 12.3. The van der Waals surface area contributed by atoms with E-state index in [9.17, 15) is 4.79 Å². The molecule has 0 fully saturated rings. The fourth-order valence-corrected chi connectivity index (χ4v) is 2.15. The van der Waals surface area contributed by atoms with Crippen LogP contribution in [0.5, 0.6) is 5.75 Å². The molecule has 0 radical (unpaired) electrons. The Morgan fingerprint density at radius 3 is 2.60 bits per heavy atom. The highest BCUT2D eigenvalue weighted by Crippen LogP contribution is 2.29. The molecule has 3 nitrogen and oxygen atoms in total. The second kappa shape index (κ2) is 6.16. The summed E-state index contributed by atoms with van der Waals surface area (Å²) in [6.07, 6.45) is 0. The summed E-state index contributed by atoms with van der Waals surface area (Å²) in [6.45, 7) is 2.29. The molecule has 0 saturated heterocycles. The molecule has 104 valence electrons. The van der Waals surface area contributed by atoms with Gasteiger partial charge in [-0.1, -0.05) is 29.3 Å². The third-order valence-corrected chi connectivity index (χ3v) is 3.51. The first kappa shape index (κ1) is 14.7. The van der Waals surface area contributed by atoms with Crippen molar-refractivity contribution < 1.29 is 9.53 Å². The summed E-state index contributed by atoms with van der Waals surface area (Å²) in [5.74, 6) is 0.216. The van der Waals surface area contributed by atoms with Crippen LogP contribution in [-0.4, -0.2) is 12.4 Å². The van der Waals surface area contributed by atoms with Crippen LogP contribution < -0.4 is 10.5 Å². The number of halogens is 2. The first-order valence-electron chi connectivity index (χ1n) is 6.05. The predicted molar refractivity (Wildman–Crippen MR) is 81.9 cm³/mol. The quantitative estimate of drug-likeness (QED) is 0.680. The van der Waals surface area contributed by atoms with Gasteiger partial charge in [0.2, 0.25) is 0 Å². The molecule has 0 aliphatic carbocycles. The lowest BCUT2D eigenvalue weighted by atomic mass is 10.0. The van der Waals surface area contributed by atoms with Gasteiger partial charge >= 0.3 is 0 Å². The second-order valence-electron chi connectivity index (χ2n) is 4.11. The molecule has 0 spiro atoms. The topological polar surface area (TPSA) is 52.3 Å². The van der Waals surface area contributed by atoms with Gasteiger partial charge in [0.1, 0.15) is 5.75 Å². The van der Waals surface area contributed by atoms with Gasteiger partial charge < -0.3 is 10.5 Å². The summed E-state index contributed by atoms with van der Waals surface area (Å²) in [5, 5.41) is 0.722. The van der Waals surface area contributed by atoms with Crippen molar-refractivity contribution in [1.82, 2.24) is 0 Å². The maximum Gasteiger partial charge on any atom is 0.198 e. The van der Waals surface area contributed by atoms with Crippen molar-refractivity contribution in [1.29, 1.82) is 0 Å². The SMILES string of the molecule is CCOc1cccc(N)c1C(=O)c1ccc(Cl)c(Cl)c1. The van der Waals surface area contributed by atoms with Gasteiger partial charge in [0, 0.05) is 11.3 Å². The van der Waals surface area contributed by atoms with E-state index in [0.717, 1.165) is 0 Å². The number of carbonyl (C=O) groups excluding carboxylic acids is 1. The zero-order valence-electron chi connectivity index (χ0n) is 10.8. The van der Waals surface area contributed by atoms with E-state index in [1.807, 2.05) is 6.92 Å². The van der Waals surface area contributed by atoms with Gasteiger partial charge in [0.25, 0.3) is 0 Å². The van der Waals surface area contributed by atoms with Gasteiger partial charge in [-0.15, -0.1) is 0 Å². The number of benzene rings is 2. The molecule has 2 N–H and O–H groups in total. The summed E-state index contributed by atoms with van der Waals surface area (Å²) in [6, 6.07) is 9.83. The number of nitrogens with two attached hydrogens (primary N) is 1. The van der Waals surface area contributed by atoms with E-state index in [2.05, 4.69) is 0 Å². The number of anilines is 1. The number of hydrogen-bond donors (Lipinski definition) is 1. The van der Waals surface area contributed by atoms with Crippen LogP contribution in [0.4, 0.5) is 5.69 Å². The summed E-state index contributed by atoms with van der Waals surface area (Å²) in [4.78, 5) is 12.6. The molecule has 0 saturated carbocycles. The minimum absolute atomic E-state index is 0.245. The van der Waals surface area contributed by atoms with Crippen molar-refractivity contribution in [3.63, 3.8) is 0 Å². The Morgan fingerprint density at radius 2 is 1.95 bits per heavy atom. The van der Waals surface area contributed by atoms with E-state index in [1.165, 1.54) is 6.07 Å². The summed E-state index contributed by atoms with van der Waals surface area (Å²) in [5.41, 5.74) is 7.02. The molecule has 2 aromatic carbocycles. The molecule has 5 heteroatoms. The number of carbonyl (C=O) groups is 1. The first-order chi connectivity index (χ1) is 9.54. The van der Waals surface area contributed by atoms with Crippen LogP contribution in [0.1, 0.15) is 22.8 Å². The lowest BCUT2D eigenvalue weighted by Crippen LogP contribution is -2.09. The second-order valence-corrected chi connectivity index (χ2v) is 4.93. The smallest absolute Gasteiger partial charge is 0.198 e. The third kappa shape index (κ3) is 2.89. The lowest BCUT2D eigenvalue weighted by Gasteiger charge is -2.12. The maximum absolute atomic E-state index is 12.6. The normalized spacial score (nSPS) is 10.3. The fraction of sp³-hybridized carbons (Fsp3) is 0.133. The predicted octanol–water partition coefficient (Wildman–Crippen LogP) is 4.21. The van der Waals surface area contributed by atoms with Crippen molar-refractivity contribution in [2.45, 2.75) is 6.92 Å². The van der Waals surface area contributed by atoms with Crippen LogP contribution in [0.3, 0.4) is 0 Å². The number of nitrogen functional groups attached to an aromatic ring is 1. The number of rotatable bonds is 4. The van der Waals surface area contributed by atoms with E-state index >= 15 is 0 Å². The highest BCUT2D eigenvalue weighted by atomic mass is 35.5. The number of ketones is 1. The van der Waals surface area contributed by atoms with Crippen molar-refractivity contribution >= 4 is 34.7 Å². The zero-order chi connectivity index (χ0) is 14.7. The van der Waals surface area contributed by atoms with Crippen molar-refractivity contribution in [3.05, 3.63) is 57.6 Å². The molecule has 0 atom stereocenters. The van der Waals surface area contributed by atoms with Crippen LogP contribution in [0, 0.1) is 0 Å². The van der Waals surface area contributed by atoms with Crippen LogP contribution in [0.25, 0.3) is 0 Å². The molecule has 0 aliphatic rings. The molecule has 0 unspecified atom stereocenters. The molecular weight excluding hydrogens is 297 g/mol. The Balaban J connectivity index is 2.50. The van der Waals surface area contributed by atoms with Crippen LogP contribution >= 0.6 is 23.2 Å². The van der Waals surface area contributed by atoms with Gasteiger partial charge in [-0.2, -0.15) is 0 Å². The Bertz CT molecular complexity index is 656. The Kier molecular flexibility index (Phi) is 4.53. The molecule has 20 heavy (non-hydrogen) atoms. The van der Waals surface area contributed by atoms with Gasteiger partial charge in [-0.25, -0.2) is 0 Å².